The highest BCUT2D eigenvalue weighted by Gasteiger charge is 2.12. The molecule has 0 spiro atoms. The van der Waals surface area contributed by atoms with Gasteiger partial charge in [0, 0.05) is 0 Å². The second kappa shape index (κ2) is 5.07. The molecule has 0 aromatic carbocycles. The minimum atomic E-state index is -0.411. The van der Waals surface area contributed by atoms with Crippen LogP contribution in [0.4, 0.5) is 5.69 Å². The molecule has 88 valence electrons. The molecule has 0 unspecified atom stereocenters. The highest BCUT2D eigenvalue weighted by Crippen LogP contribution is 2.12. The Balaban J connectivity index is 1.94. The van der Waals surface area contributed by atoms with Gasteiger partial charge < -0.3 is 0 Å². The Kier molecular flexibility index (Phi) is 3.51. The van der Waals surface area contributed by atoms with E-state index < -0.39 is 4.92 Å². The van der Waals surface area contributed by atoms with Gasteiger partial charge in [-0.05, 0) is 25.9 Å². The van der Waals surface area contributed by atoms with Crippen molar-refractivity contribution in [3.05, 3.63) is 22.5 Å². The lowest BCUT2D eigenvalue weighted by molar-refractivity contribution is -0.385. The Morgan fingerprint density at radius 3 is 2.56 bits per heavy atom. The van der Waals surface area contributed by atoms with Gasteiger partial charge in [-0.1, -0.05) is 12.8 Å². The molecule has 0 bridgehead atoms. The number of rotatable bonds is 3. The first kappa shape index (κ1) is 11.1. The summed E-state index contributed by atoms with van der Waals surface area (Å²) in [6, 6.07) is 0. The third-order valence-electron chi connectivity index (χ3n) is 2.87. The number of nitro groups is 1. The van der Waals surface area contributed by atoms with E-state index >= 15 is 0 Å². The zero-order valence-electron chi connectivity index (χ0n) is 9.21. The van der Waals surface area contributed by atoms with Crippen LogP contribution in [0.25, 0.3) is 0 Å². The summed E-state index contributed by atoms with van der Waals surface area (Å²) < 4.78 is 1.64. The minimum Gasteiger partial charge on any atom is -0.284 e. The summed E-state index contributed by atoms with van der Waals surface area (Å²) in [6.07, 6.45) is 7.79. The van der Waals surface area contributed by atoms with Crippen LogP contribution < -0.4 is 0 Å². The van der Waals surface area contributed by atoms with Crippen molar-refractivity contribution in [2.75, 3.05) is 13.1 Å². The molecule has 0 atom stereocenters. The summed E-state index contributed by atoms with van der Waals surface area (Å²) in [6.45, 7) is 2.79. The highest BCUT2D eigenvalue weighted by atomic mass is 16.6. The molecule has 1 aliphatic rings. The molecular formula is C10H16N4O2. The molecule has 6 nitrogen and oxygen atoms in total. The molecule has 0 aliphatic carbocycles. The fourth-order valence-electron chi connectivity index (χ4n) is 2.01. The average molecular weight is 224 g/mol. The van der Waals surface area contributed by atoms with Crippen molar-refractivity contribution in [2.45, 2.75) is 32.4 Å². The van der Waals surface area contributed by atoms with Crippen LogP contribution in [0.15, 0.2) is 12.4 Å². The van der Waals surface area contributed by atoms with E-state index in [1.54, 1.807) is 4.68 Å². The Labute approximate surface area is 94.0 Å². The number of hydrogen-bond donors (Lipinski definition) is 0. The topological polar surface area (TPSA) is 64.2 Å². The number of likely N-dealkylation sites (tertiary alicyclic amines) is 1. The van der Waals surface area contributed by atoms with Crippen LogP contribution in [0.3, 0.4) is 0 Å². The monoisotopic (exact) mass is 224 g/mol. The smallest absolute Gasteiger partial charge is 0.284 e. The summed E-state index contributed by atoms with van der Waals surface area (Å²) in [5, 5.41) is 14.5. The van der Waals surface area contributed by atoms with Crippen LogP contribution in [-0.4, -0.2) is 32.7 Å². The van der Waals surface area contributed by atoms with Crippen molar-refractivity contribution in [1.29, 1.82) is 0 Å². The molecule has 2 rings (SSSR count). The Bertz CT molecular complexity index is 355. The van der Waals surface area contributed by atoms with E-state index in [-0.39, 0.29) is 5.69 Å². The van der Waals surface area contributed by atoms with Gasteiger partial charge in [-0.25, -0.2) is 0 Å². The van der Waals surface area contributed by atoms with Crippen molar-refractivity contribution < 1.29 is 4.92 Å². The quantitative estimate of drug-likeness (QED) is 0.578. The molecule has 16 heavy (non-hydrogen) atoms. The van der Waals surface area contributed by atoms with Gasteiger partial charge in [0.1, 0.15) is 12.4 Å². The molecule has 6 heteroatoms. The van der Waals surface area contributed by atoms with E-state index in [0.29, 0.717) is 6.67 Å². The normalized spacial score (nSPS) is 18.2. The standard InChI is InChI=1S/C10H16N4O2/c15-14(16)10-7-11-13(8-10)9-12-5-3-1-2-4-6-12/h7-8H,1-6,9H2. The van der Waals surface area contributed by atoms with E-state index in [2.05, 4.69) is 10.00 Å². The fourth-order valence-corrected chi connectivity index (χ4v) is 2.01. The maximum atomic E-state index is 10.5. The molecule has 2 heterocycles. The van der Waals surface area contributed by atoms with Gasteiger partial charge in [0.2, 0.25) is 0 Å². The van der Waals surface area contributed by atoms with Crippen LogP contribution in [0.1, 0.15) is 25.7 Å². The van der Waals surface area contributed by atoms with Gasteiger partial charge in [-0.2, -0.15) is 5.10 Å². The van der Waals surface area contributed by atoms with Crippen molar-refractivity contribution in [2.24, 2.45) is 0 Å². The molecule has 0 amide bonds. The van der Waals surface area contributed by atoms with Crippen molar-refractivity contribution in [3.63, 3.8) is 0 Å². The fraction of sp³-hybridized carbons (Fsp3) is 0.700. The lowest BCUT2D eigenvalue weighted by Crippen LogP contribution is -2.27. The van der Waals surface area contributed by atoms with E-state index in [1.807, 2.05) is 0 Å². The number of nitrogens with zero attached hydrogens (tertiary/aromatic N) is 4. The first-order chi connectivity index (χ1) is 7.75. The summed E-state index contributed by atoms with van der Waals surface area (Å²) >= 11 is 0. The lowest BCUT2D eigenvalue weighted by Gasteiger charge is -2.18. The van der Waals surface area contributed by atoms with Crippen molar-refractivity contribution in [3.8, 4) is 0 Å². The van der Waals surface area contributed by atoms with Gasteiger partial charge in [0.05, 0.1) is 11.6 Å². The van der Waals surface area contributed by atoms with Crippen molar-refractivity contribution >= 4 is 5.69 Å². The number of hydrogen-bond acceptors (Lipinski definition) is 4. The Hall–Kier alpha value is -1.43. The van der Waals surface area contributed by atoms with Crippen LogP contribution in [0.2, 0.25) is 0 Å². The molecular weight excluding hydrogens is 208 g/mol. The maximum absolute atomic E-state index is 10.5. The first-order valence-electron chi connectivity index (χ1n) is 5.65. The molecule has 0 N–H and O–H groups in total. The minimum absolute atomic E-state index is 0.0646. The van der Waals surface area contributed by atoms with Crippen LogP contribution in [0, 0.1) is 10.1 Å². The summed E-state index contributed by atoms with van der Waals surface area (Å²) in [4.78, 5) is 12.4. The predicted molar refractivity (Wildman–Crippen MR) is 58.9 cm³/mol. The Morgan fingerprint density at radius 1 is 1.31 bits per heavy atom. The summed E-state index contributed by atoms with van der Waals surface area (Å²) in [7, 11) is 0. The van der Waals surface area contributed by atoms with E-state index in [4.69, 9.17) is 0 Å². The average Bonchev–Trinajstić information content (AvgIpc) is 2.56. The van der Waals surface area contributed by atoms with Gasteiger partial charge in [0.15, 0.2) is 0 Å². The second-order valence-corrected chi connectivity index (χ2v) is 4.17. The Morgan fingerprint density at radius 2 is 2.00 bits per heavy atom. The first-order valence-corrected chi connectivity index (χ1v) is 5.65. The van der Waals surface area contributed by atoms with E-state index in [1.165, 1.54) is 38.1 Å². The van der Waals surface area contributed by atoms with Gasteiger partial charge in [-0.15, -0.1) is 0 Å². The summed E-state index contributed by atoms with van der Waals surface area (Å²) in [5.74, 6) is 0. The van der Waals surface area contributed by atoms with Crippen molar-refractivity contribution in [1.82, 2.24) is 14.7 Å². The largest absolute Gasteiger partial charge is 0.307 e. The molecule has 0 saturated carbocycles. The molecule has 1 aromatic heterocycles. The lowest BCUT2D eigenvalue weighted by atomic mass is 10.2. The summed E-state index contributed by atoms with van der Waals surface area (Å²) in [5.41, 5.74) is 0.0646. The zero-order chi connectivity index (χ0) is 11.4. The van der Waals surface area contributed by atoms with E-state index in [9.17, 15) is 10.1 Å². The molecule has 1 aromatic rings. The predicted octanol–water partition coefficient (Wildman–Crippen LogP) is 1.62. The molecule has 0 radical (unpaired) electrons. The molecule has 1 aliphatic heterocycles. The molecule has 1 fully saturated rings. The SMILES string of the molecule is O=[N+]([O-])c1cnn(CN2CCCCCC2)c1. The van der Waals surface area contributed by atoms with Gasteiger partial charge >= 0.3 is 5.69 Å². The third-order valence-corrected chi connectivity index (χ3v) is 2.87. The molecule has 1 saturated heterocycles. The third kappa shape index (κ3) is 2.79. The van der Waals surface area contributed by atoms with Crippen LogP contribution >= 0.6 is 0 Å². The maximum Gasteiger partial charge on any atom is 0.307 e. The highest BCUT2D eigenvalue weighted by molar-refractivity contribution is 5.20. The van der Waals surface area contributed by atoms with Gasteiger partial charge in [-0.3, -0.25) is 19.7 Å². The van der Waals surface area contributed by atoms with Crippen LogP contribution in [-0.2, 0) is 6.67 Å². The zero-order valence-corrected chi connectivity index (χ0v) is 9.21. The second-order valence-electron chi connectivity index (χ2n) is 4.17. The number of aromatic nitrogens is 2. The van der Waals surface area contributed by atoms with Crippen LogP contribution in [0.5, 0.6) is 0 Å². The van der Waals surface area contributed by atoms with E-state index in [0.717, 1.165) is 13.1 Å². The van der Waals surface area contributed by atoms with Gasteiger partial charge in [0.25, 0.3) is 0 Å².